The van der Waals surface area contributed by atoms with Crippen molar-refractivity contribution in [2.24, 2.45) is 0 Å². The second kappa shape index (κ2) is 5.79. The molecule has 22 heavy (non-hydrogen) atoms. The molecule has 2 aromatic rings. The van der Waals surface area contributed by atoms with Crippen molar-refractivity contribution in [3.63, 3.8) is 0 Å². The average Bonchev–Trinajstić information content (AvgIpc) is 3.16. The fourth-order valence-corrected chi connectivity index (χ4v) is 3.07. The van der Waals surface area contributed by atoms with Crippen LogP contribution < -0.4 is 5.32 Å². The molecule has 1 aliphatic carbocycles. The van der Waals surface area contributed by atoms with E-state index >= 15 is 0 Å². The van der Waals surface area contributed by atoms with Crippen LogP contribution in [0.5, 0.6) is 0 Å². The summed E-state index contributed by atoms with van der Waals surface area (Å²) < 4.78 is 5.16. The molecule has 0 saturated heterocycles. The number of aromatic nitrogens is 2. The molecular formula is C16H19N3O3. The van der Waals surface area contributed by atoms with E-state index in [9.17, 15) is 9.59 Å². The summed E-state index contributed by atoms with van der Waals surface area (Å²) in [5.74, 6) is -0.609. The number of benzene rings is 1. The molecule has 2 N–H and O–H groups in total. The Hall–Kier alpha value is -2.37. The Labute approximate surface area is 128 Å². The van der Waals surface area contributed by atoms with Crippen LogP contribution in [0, 0.1) is 0 Å². The van der Waals surface area contributed by atoms with Crippen molar-refractivity contribution in [2.75, 3.05) is 6.61 Å². The Morgan fingerprint density at radius 2 is 2.14 bits per heavy atom. The molecule has 0 bridgehead atoms. The Bertz CT molecular complexity index is 701. The van der Waals surface area contributed by atoms with Gasteiger partial charge in [-0.15, -0.1) is 0 Å². The van der Waals surface area contributed by atoms with Gasteiger partial charge in [0.15, 0.2) is 0 Å². The van der Waals surface area contributed by atoms with Gasteiger partial charge >= 0.3 is 5.97 Å². The zero-order chi connectivity index (χ0) is 15.6. The van der Waals surface area contributed by atoms with E-state index in [-0.39, 0.29) is 11.9 Å². The molecule has 1 heterocycles. The number of H-pyrrole nitrogens is 1. The predicted molar refractivity (Wildman–Crippen MR) is 81.4 cm³/mol. The first-order valence-electron chi connectivity index (χ1n) is 7.58. The first-order chi connectivity index (χ1) is 10.7. The van der Waals surface area contributed by atoms with Crippen LogP contribution in [-0.4, -0.2) is 34.2 Å². The van der Waals surface area contributed by atoms with Crippen LogP contribution in [0.25, 0.3) is 10.9 Å². The summed E-state index contributed by atoms with van der Waals surface area (Å²) in [5, 5.41) is 10.6. The number of hydrogen-bond donors (Lipinski definition) is 2. The molecule has 1 saturated carbocycles. The highest BCUT2D eigenvalue weighted by Crippen LogP contribution is 2.31. The van der Waals surface area contributed by atoms with Gasteiger partial charge in [0.25, 0.3) is 5.91 Å². The highest BCUT2D eigenvalue weighted by molar-refractivity contribution is 6.07. The van der Waals surface area contributed by atoms with E-state index in [2.05, 4.69) is 15.5 Å². The fourth-order valence-electron chi connectivity index (χ4n) is 3.07. The summed E-state index contributed by atoms with van der Waals surface area (Å²) in [6.07, 6.45) is 4.73. The van der Waals surface area contributed by atoms with Crippen LogP contribution in [0.3, 0.4) is 0 Å². The van der Waals surface area contributed by atoms with Crippen LogP contribution >= 0.6 is 0 Å². The number of carbonyl (C=O) groups excluding carboxylic acids is 2. The summed E-state index contributed by atoms with van der Waals surface area (Å²) >= 11 is 0. The van der Waals surface area contributed by atoms with E-state index in [1.807, 2.05) is 6.07 Å². The standard InChI is InChI=1S/C16H19N3O3/c1-2-22-15(21)16(8-3-4-9-16)18-14(20)12-7-5-6-11-10-17-19-13(11)12/h5-7,10H,2-4,8-9H2,1H3,(H,17,19)(H,18,20). The molecule has 1 fully saturated rings. The molecule has 116 valence electrons. The third-order valence-corrected chi connectivity index (χ3v) is 4.20. The highest BCUT2D eigenvalue weighted by Gasteiger charge is 2.44. The molecule has 6 nitrogen and oxygen atoms in total. The second-order valence-electron chi connectivity index (χ2n) is 5.60. The van der Waals surface area contributed by atoms with Crippen molar-refractivity contribution in [1.82, 2.24) is 15.5 Å². The lowest BCUT2D eigenvalue weighted by Gasteiger charge is -2.27. The van der Waals surface area contributed by atoms with E-state index in [1.165, 1.54) is 0 Å². The molecule has 0 spiro atoms. The molecule has 0 unspecified atom stereocenters. The second-order valence-corrected chi connectivity index (χ2v) is 5.60. The summed E-state index contributed by atoms with van der Waals surface area (Å²) in [4.78, 5) is 25.0. The minimum Gasteiger partial charge on any atom is -0.464 e. The molecule has 0 aliphatic heterocycles. The molecule has 1 aromatic carbocycles. The van der Waals surface area contributed by atoms with Crippen molar-refractivity contribution in [3.05, 3.63) is 30.0 Å². The molecule has 0 radical (unpaired) electrons. The van der Waals surface area contributed by atoms with Gasteiger partial charge in [-0.25, -0.2) is 4.79 Å². The topological polar surface area (TPSA) is 84.1 Å². The van der Waals surface area contributed by atoms with Gasteiger partial charge in [-0.2, -0.15) is 5.10 Å². The quantitative estimate of drug-likeness (QED) is 0.848. The number of para-hydroxylation sites is 1. The number of nitrogens with zero attached hydrogens (tertiary/aromatic N) is 1. The van der Waals surface area contributed by atoms with Crippen LogP contribution in [-0.2, 0) is 9.53 Å². The van der Waals surface area contributed by atoms with Crippen molar-refractivity contribution in [3.8, 4) is 0 Å². The highest BCUT2D eigenvalue weighted by atomic mass is 16.5. The molecule has 6 heteroatoms. The largest absolute Gasteiger partial charge is 0.464 e. The lowest BCUT2D eigenvalue weighted by atomic mass is 9.96. The van der Waals surface area contributed by atoms with Crippen LogP contribution in [0.15, 0.2) is 24.4 Å². The Morgan fingerprint density at radius 1 is 1.36 bits per heavy atom. The third kappa shape index (κ3) is 2.45. The molecule has 1 aliphatic rings. The summed E-state index contributed by atoms with van der Waals surface area (Å²) in [7, 11) is 0. The van der Waals surface area contributed by atoms with E-state index < -0.39 is 5.54 Å². The zero-order valence-electron chi connectivity index (χ0n) is 12.5. The smallest absolute Gasteiger partial charge is 0.331 e. The molecular weight excluding hydrogens is 282 g/mol. The number of fused-ring (bicyclic) bond motifs is 1. The minimum absolute atomic E-state index is 0.273. The Kier molecular flexibility index (Phi) is 3.83. The maximum atomic E-state index is 12.7. The van der Waals surface area contributed by atoms with Crippen molar-refractivity contribution >= 4 is 22.8 Å². The van der Waals surface area contributed by atoms with Gasteiger partial charge in [0.2, 0.25) is 0 Å². The van der Waals surface area contributed by atoms with Gasteiger partial charge < -0.3 is 10.1 Å². The first kappa shape index (κ1) is 14.6. The molecule has 1 aromatic heterocycles. The monoisotopic (exact) mass is 301 g/mol. The van der Waals surface area contributed by atoms with Crippen LogP contribution in [0.2, 0.25) is 0 Å². The maximum Gasteiger partial charge on any atom is 0.331 e. The van der Waals surface area contributed by atoms with E-state index in [0.29, 0.717) is 30.5 Å². The SMILES string of the molecule is CCOC(=O)C1(NC(=O)c2cccc3cn[nH]c23)CCCC1. The lowest BCUT2D eigenvalue weighted by molar-refractivity contribution is -0.150. The number of rotatable bonds is 4. The fraction of sp³-hybridized carbons (Fsp3) is 0.438. The number of ether oxygens (including phenoxy) is 1. The Morgan fingerprint density at radius 3 is 2.86 bits per heavy atom. The number of hydrogen-bond acceptors (Lipinski definition) is 4. The molecule has 1 amide bonds. The lowest BCUT2D eigenvalue weighted by Crippen LogP contribution is -2.53. The molecule has 3 rings (SSSR count). The van der Waals surface area contributed by atoms with Crippen molar-refractivity contribution in [2.45, 2.75) is 38.1 Å². The normalized spacial score (nSPS) is 16.6. The van der Waals surface area contributed by atoms with Crippen LogP contribution in [0.1, 0.15) is 43.0 Å². The van der Waals surface area contributed by atoms with Crippen molar-refractivity contribution < 1.29 is 14.3 Å². The number of esters is 1. The van der Waals surface area contributed by atoms with E-state index in [0.717, 1.165) is 18.2 Å². The maximum absolute atomic E-state index is 12.7. The van der Waals surface area contributed by atoms with E-state index in [1.54, 1.807) is 25.3 Å². The van der Waals surface area contributed by atoms with Gasteiger partial charge in [-0.1, -0.05) is 25.0 Å². The van der Waals surface area contributed by atoms with Crippen molar-refractivity contribution in [1.29, 1.82) is 0 Å². The Balaban J connectivity index is 1.88. The van der Waals surface area contributed by atoms with Gasteiger partial charge in [-0.05, 0) is 25.8 Å². The summed E-state index contributed by atoms with van der Waals surface area (Å²) in [5.41, 5.74) is 0.275. The predicted octanol–water partition coefficient (Wildman–Crippen LogP) is 2.17. The number of aromatic amines is 1. The van der Waals surface area contributed by atoms with Gasteiger partial charge in [0.1, 0.15) is 5.54 Å². The number of amides is 1. The van der Waals surface area contributed by atoms with Gasteiger partial charge in [0, 0.05) is 5.39 Å². The van der Waals surface area contributed by atoms with Crippen LogP contribution in [0.4, 0.5) is 0 Å². The van der Waals surface area contributed by atoms with Gasteiger partial charge in [0.05, 0.1) is 23.9 Å². The summed E-state index contributed by atoms with van der Waals surface area (Å²) in [6.45, 7) is 2.08. The van der Waals surface area contributed by atoms with E-state index in [4.69, 9.17) is 4.74 Å². The van der Waals surface area contributed by atoms with Gasteiger partial charge in [-0.3, -0.25) is 9.89 Å². The number of carbonyl (C=O) groups is 2. The third-order valence-electron chi connectivity index (χ3n) is 4.20. The number of nitrogens with one attached hydrogen (secondary N) is 2. The summed E-state index contributed by atoms with van der Waals surface area (Å²) in [6, 6.07) is 5.41. The first-order valence-corrected chi connectivity index (χ1v) is 7.58. The zero-order valence-corrected chi connectivity index (χ0v) is 12.5. The molecule has 0 atom stereocenters. The minimum atomic E-state index is -0.894. The average molecular weight is 301 g/mol.